The van der Waals surface area contributed by atoms with Crippen LogP contribution in [-0.4, -0.2) is 33.5 Å². The highest BCUT2D eigenvalue weighted by Gasteiger charge is 2.28. The van der Waals surface area contributed by atoms with Crippen LogP contribution in [0.3, 0.4) is 0 Å². The van der Waals surface area contributed by atoms with Gasteiger partial charge in [-0.3, -0.25) is 14.5 Å². The highest BCUT2D eigenvalue weighted by Crippen LogP contribution is 2.33. The molecule has 1 aliphatic carbocycles. The first-order chi connectivity index (χ1) is 16.6. The molecule has 2 aliphatic rings. The van der Waals surface area contributed by atoms with Crippen LogP contribution in [0.5, 0.6) is 0 Å². The van der Waals surface area contributed by atoms with Gasteiger partial charge in [0.2, 0.25) is 0 Å². The van der Waals surface area contributed by atoms with E-state index in [0.29, 0.717) is 5.82 Å². The molecule has 0 amide bonds. The summed E-state index contributed by atoms with van der Waals surface area (Å²) in [5.41, 5.74) is 6.81. The minimum Gasteiger partial charge on any atom is -0.356 e. The first-order valence-corrected chi connectivity index (χ1v) is 12.4. The Labute approximate surface area is 200 Å². The van der Waals surface area contributed by atoms with Crippen LogP contribution in [0.15, 0.2) is 74.6 Å². The van der Waals surface area contributed by atoms with E-state index in [9.17, 15) is 4.79 Å². The highest BCUT2D eigenvalue weighted by molar-refractivity contribution is 6.01. The van der Waals surface area contributed by atoms with E-state index in [0.717, 1.165) is 42.0 Å². The second-order valence-electron chi connectivity index (χ2n) is 9.47. The second-order valence-corrected chi connectivity index (χ2v) is 9.47. The second kappa shape index (κ2) is 9.84. The quantitative estimate of drug-likeness (QED) is 0.440. The molecule has 1 fully saturated rings. The fourth-order valence-electron chi connectivity index (χ4n) is 4.60. The molecule has 1 saturated carbocycles. The Bertz CT molecular complexity index is 1250. The Balaban J connectivity index is 1.38. The van der Waals surface area contributed by atoms with E-state index in [1.165, 1.54) is 42.5 Å². The minimum absolute atomic E-state index is 0.234. The number of hydrogen-bond donors (Lipinski definition) is 1. The predicted octanol–water partition coefficient (Wildman–Crippen LogP) is 5.83. The number of benzene rings is 2. The van der Waals surface area contributed by atoms with Crippen LogP contribution in [-0.2, 0) is 6.42 Å². The average Bonchev–Trinajstić information content (AvgIpc) is 3.57. The summed E-state index contributed by atoms with van der Waals surface area (Å²) >= 11 is 0. The van der Waals surface area contributed by atoms with Gasteiger partial charge < -0.3 is 4.90 Å². The Kier molecular flexibility index (Phi) is 6.48. The van der Waals surface area contributed by atoms with E-state index in [1.54, 1.807) is 0 Å². The first kappa shape index (κ1) is 22.4. The van der Waals surface area contributed by atoms with Crippen molar-refractivity contribution in [3.05, 3.63) is 76.4 Å². The van der Waals surface area contributed by atoms with E-state index in [1.807, 2.05) is 24.3 Å². The summed E-state index contributed by atoms with van der Waals surface area (Å²) in [6.07, 6.45) is 9.60. The zero-order chi connectivity index (χ0) is 23.5. The van der Waals surface area contributed by atoms with Crippen LogP contribution >= 0.6 is 0 Å². The summed E-state index contributed by atoms with van der Waals surface area (Å²) in [4.78, 5) is 21.6. The van der Waals surface area contributed by atoms with Crippen LogP contribution in [0.1, 0.15) is 51.5 Å². The molecule has 0 radical (unpaired) electrons. The summed E-state index contributed by atoms with van der Waals surface area (Å²) < 4.78 is 4.71. The lowest BCUT2D eigenvalue weighted by Gasteiger charge is -2.32. The monoisotopic (exact) mass is 456 g/mol. The molecule has 176 valence electrons. The molecule has 1 atom stereocenters. The summed E-state index contributed by atoms with van der Waals surface area (Å²) in [6, 6.07) is 16.6. The third-order valence-corrected chi connectivity index (χ3v) is 6.73. The molecule has 1 N–H and O–H groups in total. The van der Waals surface area contributed by atoms with E-state index in [-0.39, 0.29) is 6.17 Å². The summed E-state index contributed by atoms with van der Waals surface area (Å²) in [6.45, 7) is 5.58. The van der Waals surface area contributed by atoms with Crippen molar-refractivity contribution < 1.29 is 4.52 Å². The van der Waals surface area contributed by atoms with Crippen LogP contribution in [0.4, 0.5) is 0 Å². The van der Waals surface area contributed by atoms with Crippen molar-refractivity contribution in [2.24, 2.45) is 10.9 Å². The molecule has 1 aliphatic heterocycles. The molecule has 0 bridgehead atoms. The van der Waals surface area contributed by atoms with Crippen molar-refractivity contribution >= 4 is 5.71 Å². The molecule has 3 aromatic rings. The lowest BCUT2D eigenvalue weighted by molar-refractivity contribution is 0.283. The van der Waals surface area contributed by atoms with Crippen molar-refractivity contribution in [1.82, 2.24) is 15.0 Å². The van der Waals surface area contributed by atoms with Crippen LogP contribution in [0.25, 0.3) is 22.5 Å². The zero-order valence-electron chi connectivity index (χ0n) is 20.0. The number of unbranched alkanes of at least 4 members (excludes halogenated alkanes) is 1. The van der Waals surface area contributed by atoms with E-state index in [2.05, 4.69) is 59.4 Å². The van der Waals surface area contributed by atoms with Gasteiger partial charge in [0.05, 0.1) is 0 Å². The maximum Gasteiger partial charge on any atom is 0.439 e. The van der Waals surface area contributed by atoms with Gasteiger partial charge in [-0.25, -0.2) is 4.79 Å². The number of nitrogens with one attached hydrogen (secondary N) is 1. The molecule has 6 heteroatoms. The largest absolute Gasteiger partial charge is 0.439 e. The number of aromatic amines is 1. The van der Waals surface area contributed by atoms with Crippen molar-refractivity contribution in [1.29, 1.82) is 0 Å². The number of allylic oxidation sites excluding steroid dienone is 1. The van der Waals surface area contributed by atoms with Gasteiger partial charge in [-0.05, 0) is 60.8 Å². The van der Waals surface area contributed by atoms with Gasteiger partial charge in [-0.2, -0.15) is 0 Å². The van der Waals surface area contributed by atoms with Gasteiger partial charge in [0.15, 0.2) is 5.82 Å². The molecule has 6 nitrogen and oxygen atoms in total. The number of aromatic nitrogens is 2. The van der Waals surface area contributed by atoms with Crippen molar-refractivity contribution in [3.8, 4) is 22.5 Å². The van der Waals surface area contributed by atoms with Gasteiger partial charge >= 0.3 is 5.76 Å². The summed E-state index contributed by atoms with van der Waals surface area (Å²) in [5, 5.41) is 3.87. The minimum atomic E-state index is -0.550. The maximum absolute atomic E-state index is 11.4. The number of aliphatic imine (C=N–C) groups is 1. The number of H-pyrrole nitrogens is 1. The molecular formula is C28H32N4O2. The highest BCUT2D eigenvalue weighted by atomic mass is 16.5. The van der Waals surface area contributed by atoms with Gasteiger partial charge in [0.1, 0.15) is 6.17 Å². The van der Waals surface area contributed by atoms with Gasteiger partial charge in [-0.1, -0.05) is 67.0 Å². The van der Waals surface area contributed by atoms with E-state index < -0.39 is 5.76 Å². The third-order valence-electron chi connectivity index (χ3n) is 6.73. The molecule has 34 heavy (non-hydrogen) atoms. The Hall–Kier alpha value is -3.41. The lowest BCUT2D eigenvalue weighted by Crippen LogP contribution is -2.34. The smallest absolute Gasteiger partial charge is 0.356 e. The standard InChI is InChI=1S/C28H32N4O2/c1-3-4-9-26-23(18-32(19(2)29-26)17-21-10-11-21)16-20-12-14-22(15-13-20)24-7-5-6-8-25(24)27-30-28(33)34-31-27/h5-8,12-15,18-19,21H,3-4,9-11,16-17H2,1-2H3,(H,30,31,33). The summed E-state index contributed by atoms with van der Waals surface area (Å²) in [7, 11) is 0. The number of rotatable bonds is 9. The van der Waals surface area contributed by atoms with Crippen LogP contribution in [0.2, 0.25) is 0 Å². The van der Waals surface area contributed by atoms with Gasteiger partial charge in [0.25, 0.3) is 0 Å². The third kappa shape index (κ3) is 5.06. The average molecular weight is 457 g/mol. The SMILES string of the molecule is CCCCC1=NC(C)N(CC2CC2)C=C1Cc1ccc(-c2ccccc2-c2noc(=O)[nH]2)cc1. The van der Waals surface area contributed by atoms with E-state index >= 15 is 0 Å². The number of nitrogens with zero attached hydrogens (tertiary/aromatic N) is 3. The van der Waals surface area contributed by atoms with Gasteiger partial charge in [0, 0.05) is 30.4 Å². The first-order valence-electron chi connectivity index (χ1n) is 12.4. The Morgan fingerprint density at radius 2 is 1.85 bits per heavy atom. The maximum atomic E-state index is 11.4. The Morgan fingerprint density at radius 1 is 1.09 bits per heavy atom. The molecular weight excluding hydrogens is 424 g/mol. The Morgan fingerprint density at radius 3 is 2.53 bits per heavy atom. The normalized spacial score (nSPS) is 18.1. The van der Waals surface area contributed by atoms with Crippen molar-refractivity contribution in [2.45, 2.75) is 58.5 Å². The van der Waals surface area contributed by atoms with E-state index in [4.69, 9.17) is 9.52 Å². The predicted molar refractivity (Wildman–Crippen MR) is 136 cm³/mol. The molecule has 5 rings (SSSR count). The molecule has 0 spiro atoms. The van der Waals surface area contributed by atoms with Crippen LogP contribution < -0.4 is 5.76 Å². The lowest BCUT2D eigenvalue weighted by atomic mass is 9.94. The van der Waals surface area contributed by atoms with Gasteiger partial charge in [-0.15, -0.1) is 0 Å². The zero-order valence-corrected chi connectivity index (χ0v) is 20.0. The fraction of sp³-hybridized carbons (Fsp3) is 0.393. The molecule has 1 aromatic heterocycles. The van der Waals surface area contributed by atoms with Crippen molar-refractivity contribution in [2.75, 3.05) is 6.54 Å². The number of hydrogen-bond acceptors (Lipinski definition) is 5. The molecule has 2 aromatic carbocycles. The summed E-state index contributed by atoms with van der Waals surface area (Å²) in [5.74, 6) is 0.733. The topological polar surface area (TPSA) is 74.5 Å². The molecule has 1 unspecified atom stereocenters. The molecule has 2 heterocycles. The fourth-order valence-corrected chi connectivity index (χ4v) is 4.60. The van der Waals surface area contributed by atoms with Crippen LogP contribution in [0, 0.1) is 5.92 Å². The molecule has 0 saturated heterocycles. The van der Waals surface area contributed by atoms with Crippen molar-refractivity contribution in [3.63, 3.8) is 0 Å².